The van der Waals surface area contributed by atoms with E-state index in [-0.39, 0.29) is 18.5 Å². The van der Waals surface area contributed by atoms with Crippen LogP contribution in [0.2, 0.25) is 0 Å². The minimum Gasteiger partial charge on any atom is -0.481 e. The summed E-state index contributed by atoms with van der Waals surface area (Å²) in [6.07, 6.45) is 50.6. The number of carboxylic acid groups (broad SMARTS) is 1. The number of aliphatic carboxylic acids is 1. The van der Waals surface area contributed by atoms with Crippen LogP contribution in [0.3, 0.4) is 0 Å². The zero-order valence-corrected chi connectivity index (χ0v) is 32.3. The molecule has 0 saturated heterocycles. The van der Waals surface area contributed by atoms with Gasteiger partial charge in [-0.05, 0) is 64.2 Å². The Morgan fingerprint density at radius 2 is 0.833 bits per heavy atom. The fraction of sp³-hybridized carbons (Fsp3) is 0.864. The molecule has 0 saturated carbocycles. The lowest BCUT2D eigenvalue weighted by Crippen LogP contribution is -2.18. The van der Waals surface area contributed by atoms with Crippen molar-refractivity contribution in [2.45, 2.75) is 245 Å². The second kappa shape index (κ2) is 39.9. The van der Waals surface area contributed by atoms with Crippen molar-refractivity contribution in [2.24, 2.45) is 0 Å². The Labute approximate surface area is 299 Å². The number of ether oxygens (including phenoxy) is 1. The normalized spacial score (nSPS) is 12.4. The Morgan fingerprint density at radius 3 is 1.29 bits per heavy atom. The molecule has 0 spiro atoms. The highest BCUT2D eigenvalue weighted by atomic mass is 16.5. The SMILES string of the molecule is CCCC/C=C\C/C=C\CCCCCCCC(=O)OC(CCCCCCCCCCCCCCCCCC)CCCCCCCC(=O)O. The Morgan fingerprint density at radius 1 is 0.458 bits per heavy atom. The molecule has 1 N–H and O–H groups in total. The molecule has 0 fully saturated rings. The van der Waals surface area contributed by atoms with E-state index in [1.807, 2.05) is 0 Å². The zero-order chi connectivity index (χ0) is 35.0. The topological polar surface area (TPSA) is 63.6 Å². The molecule has 48 heavy (non-hydrogen) atoms. The molecule has 0 aromatic rings. The maximum atomic E-state index is 12.7. The van der Waals surface area contributed by atoms with E-state index in [0.717, 1.165) is 77.0 Å². The lowest BCUT2D eigenvalue weighted by atomic mass is 10.0. The van der Waals surface area contributed by atoms with Gasteiger partial charge < -0.3 is 9.84 Å². The summed E-state index contributed by atoms with van der Waals surface area (Å²) in [6, 6.07) is 0. The van der Waals surface area contributed by atoms with Crippen LogP contribution < -0.4 is 0 Å². The van der Waals surface area contributed by atoms with E-state index in [9.17, 15) is 9.59 Å². The van der Waals surface area contributed by atoms with E-state index in [1.165, 1.54) is 135 Å². The Bertz CT molecular complexity index is 727. The molecule has 0 aliphatic heterocycles. The summed E-state index contributed by atoms with van der Waals surface area (Å²) >= 11 is 0. The van der Waals surface area contributed by atoms with Crippen molar-refractivity contribution in [1.29, 1.82) is 0 Å². The first-order chi connectivity index (χ1) is 23.6. The molecule has 0 aromatic heterocycles. The van der Waals surface area contributed by atoms with Crippen LogP contribution in [-0.4, -0.2) is 23.1 Å². The van der Waals surface area contributed by atoms with E-state index < -0.39 is 5.97 Å². The van der Waals surface area contributed by atoms with Crippen molar-refractivity contribution in [2.75, 3.05) is 0 Å². The molecule has 0 amide bonds. The van der Waals surface area contributed by atoms with Crippen LogP contribution in [-0.2, 0) is 14.3 Å². The van der Waals surface area contributed by atoms with Gasteiger partial charge in [0, 0.05) is 12.8 Å². The van der Waals surface area contributed by atoms with Crippen LogP contribution in [0.1, 0.15) is 239 Å². The van der Waals surface area contributed by atoms with Gasteiger partial charge in [-0.25, -0.2) is 0 Å². The molecule has 4 heteroatoms. The third-order valence-electron chi connectivity index (χ3n) is 9.68. The number of unbranched alkanes of at least 4 members (excludes halogenated alkanes) is 26. The largest absolute Gasteiger partial charge is 0.481 e. The average molecular weight is 675 g/mol. The number of rotatable bonds is 39. The van der Waals surface area contributed by atoms with Crippen LogP contribution in [0.4, 0.5) is 0 Å². The van der Waals surface area contributed by atoms with Crippen molar-refractivity contribution in [1.82, 2.24) is 0 Å². The van der Waals surface area contributed by atoms with Crippen LogP contribution >= 0.6 is 0 Å². The van der Waals surface area contributed by atoms with Gasteiger partial charge >= 0.3 is 11.9 Å². The fourth-order valence-electron chi connectivity index (χ4n) is 6.50. The van der Waals surface area contributed by atoms with Gasteiger partial charge in [-0.2, -0.15) is 0 Å². The van der Waals surface area contributed by atoms with Gasteiger partial charge in [0.15, 0.2) is 0 Å². The maximum Gasteiger partial charge on any atom is 0.306 e. The minimum atomic E-state index is -0.699. The molecule has 4 nitrogen and oxygen atoms in total. The van der Waals surface area contributed by atoms with E-state index in [4.69, 9.17) is 9.84 Å². The first-order valence-corrected chi connectivity index (χ1v) is 21.3. The van der Waals surface area contributed by atoms with Gasteiger partial charge in [-0.15, -0.1) is 0 Å². The molecule has 1 unspecified atom stereocenters. The van der Waals surface area contributed by atoms with Gasteiger partial charge in [0.05, 0.1) is 0 Å². The number of allylic oxidation sites excluding steroid dienone is 4. The predicted molar refractivity (Wildman–Crippen MR) is 209 cm³/mol. The maximum absolute atomic E-state index is 12.7. The van der Waals surface area contributed by atoms with Crippen molar-refractivity contribution in [3.63, 3.8) is 0 Å². The highest BCUT2D eigenvalue weighted by molar-refractivity contribution is 5.69. The standard InChI is InChI=1S/C44H82O4/c1-3-5-7-9-11-13-15-17-19-20-21-23-25-27-30-34-38-42(39-35-31-29-32-36-40-43(45)46)48-44(47)41-37-33-28-26-24-22-18-16-14-12-10-8-6-4-2/h10,12,16,18,42H,3-9,11,13-15,17,19-41H2,1-2H3,(H,45,46)/b12-10-,18-16-. The Balaban J connectivity index is 4.03. The van der Waals surface area contributed by atoms with Crippen LogP contribution in [0.25, 0.3) is 0 Å². The molecule has 0 bridgehead atoms. The first-order valence-electron chi connectivity index (χ1n) is 21.3. The Kier molecular flexibility index (Phi) is 38.5. The summed E-state index contributed by atoms with van der Waals surface area (Å²) in [5.41, 5.74) is 0. The van der Waals surface area contributed by atoms with Crippen molar-refractivity contribution >= 4 is 11.9 Å². The lowest BCUT2D eigenvalue weighted by Gasteiger charge is -2.18. The fourth-order valence-corrected chi connectivity index (χ4v) is 6.50. The Hall–Kier alpha value is -1.58. The zero-order valence-electron chi connectivity index (χ0n) is 32.3. The number of carbonyl (C=O) groups excluding carboxylic acids is 1. The number of hydrogen-bond donors (Lipinski definition) is 1. The van der Waals surface area contributed by atoms with Gasteiger partial charge in [0.1, 0.15) is 6.10 Å². The molecular weight excluding hydrogens is 592 g/mol. The van der Waals surface area contributed by atoms with Crippen LogP contribution in [0.5, 0.6) is 0 Å². The minimum absolute atomic E-state index is 0.00660. The number of carbonyl (C=O) groups is 2. The number of hydrogen-bond acceptors (Lipinski definition) is 3. The van der Waals surface area contributed by atoms with Gasteiger partial charge in [0.25, 0.3) is 0 Å². The van der Waals surface area contributed by atoms with Gasteiger partial charge in [0.2, 0.25) is 0 Å². The summed E-state index contributed by atoms with van der Waals surface area (Å²) in [7, 11) is 0. The monoisotopic (exact) mass is 675 g/mol. The molecule has 282 valence electrons. The van der Waals surface area contributed by atoms with E-state index in [2.05, 4.69) is 38.2 Å². The summed E-state index contributed by atoms with van der Waals surface area (Å²) in [5, 5.41) is 8.83. The second-order valence-corrected chi connectivity index (χ2v) is 14.5. The lowest BCUT2D eigenvalue weighted by molar-refractivity contribution is -0.150. The van der Waals surface area contributed by atoms with Crippen molar-refractivity contribution in [3.8, 4) is 0 Å². The quantitative estimate of drug-likeness (QED) is 0.0400. The smallest absolute Gasteiger partial charge is 0.306 e. The molecule has 0 aliphatic rings. The third kappa shape index (κ3) is 38.9. The molecule has 0 aliphatic carbocycles. The van der Waals surface area contributed by atoms with Gasteiger partial charge in [-0.3, -0.25) is 9.59 Å². The first kappa shape index (κ1) is 46.4. The molecular formula is C44H82O4. The van der Waals surface area contributed by atoms with Crippen LogP contribution in [0.15, 0.2) is 24.3 Å². The third-order valence-corrected chi connectivity index (χ3v) is 9.68. The van der Waals surface area contributed by atoms with Gasteiger partial charge in [-0.1, -0.05) is 186 Å². The number of carboxylic acids is 1. The van der Waals surface area contributed by atoms with E-state index in [0.29, 0.717) is 6.42 Å². The number of esters is 1. The summed E-state index contributed by atoms with van der Waals surface area (Å²) < 4.78 is 6.02. The summed E-state index contributed by atoms with van der Waals surface area (Å²) in [4.78, 5) is 23.4. The molecule has 0 aromatic carbocycles. The van der Waals surface area contributed by atoms with Crippen molar-refractivity contribution < 1.29 is 19.4 Å². The molecule has 1 atom stereocenters. The van der Waals surface area contributed by atoms with E-state index in [1.54, 1.807) is 0 Å². The van der Waals surface area contributed by atoms with E-state index >= 15 is 0 Å². The molecule has 0 radical (unpaired) electrons. The highest BCUT2D eigenvalue weighted by Gasteiger charge is 2.14. The molecule has 0 heterocycles. The molecule has 0 rings (SSSR count). The van der Waals surface area contributed by atoms with Crippen LogP contribution in [0, 0.1) is 0 Å². The summed E-state index contributed by atoms with van der Waals surface area (Å²) in [6.45, 7) is 4.52. The second-order valence-electron chi connectivity index (χ2n) is 14.5. The van der Waals surface area contributed by atoms with Crippen molar-refractivity contribution in [3.05, 3.63) is 24.3 Å². The average Bonchev–Trinajstić information content (AvgIpc) is 3.07. The highest BCUT2D eigenvalue weighted by Crippen LogP contribution is 2.19. The summed E-state index contributed by atoms with van der Waals surface area (Å²) in [5.74, 6) is -0.706. The predicted octanol–water partition coefficient (Wildman–Crippen LogP) is 14.8.